The van der Waals surface area contributed by atoms with Crippen LogP contribution in [0.5, 0.6) is 0 Å². The summed E-state index contributed by atoms with van der Waals surface area (Å²) in [5.74, 6) is 1.45. The van der Waals surface area contributed by atoms with Gasteiger partial charge in [0.15, 0.2) is 5.76 Å². The number of anilines is 1. The lowest BCUT2D eigenvalue weighted by Gasteiger charge is -2.02. The van der Waals surface area contributed by atoms with Crippen LogP contribution in [-0.4, -0.2) is 9.97 Å². The van der Waals surface area contributed by atoms with E-state index < -0.39 is 0 Å². The standard InChI is InChI=1S/C10H11N3O/c1-2-9-12-6-7(11)10(13-9)8-4-3-5-14-8/h3-6H,2,11H2,1H3. The van der Waals surface area contributed by atoms with Crippen molar-refractivity contribution in [3.8, 4) is 11.5 Å². The summed E-state index contributed by atoms with van der Waals surface area (Å²) in [6, 6.07) is 3.64. The number of furan rings is 1. The Bertz CT molecular complexity index is 423. The molecule has 2 heterocycles. The molecule has 4 nitrogen and oxygen atoms in total. The van der Waals surface area contributed by atoms with E-state index in [0.717, 1.165) is 12.2 Å². The molecule has 2 N–H and O–H groups in total. The number of nitrogens with zero attached hydrogens (tertiary/aromatic N) is 2. The van der Waals surface area contributed by atoms with Gasteiger partial charge >= 0.3 is 0 Å². The molecule has 4 heteroatoms. The summed E-state index contributed by atoms with van der Waals surface area (Å²) in [5, 5.41) is 0. The number of aromatic nitrogens is 2. The first kappa shape index (κ1) is 8.74. The minimum atomic E-state index is 0.539. The first-order chi connectivity index (χ1) is 6.81. The minimum Gasteiger partial charge on any atom is -0.463 e. The SMILES string of the molecule is CCc1ncc(N)c(-c2ccco2)n1. The van der Waals surface area contributed by atoms with E-state index in [1.807, 2.05) is 19.1 Å². The zero-order chi connectivity index (χ0) is 9.97. The van der Waals surface area contributed by atoms with Crippen molar-refractivity contribution in [3.63, 3.8) is 0 Å². The molecule has 0 fully saturated rings. The Morgan fingerprint density at radius 3 is 3.00 bits per heavy atom. The van der Waals surface area contributed by atoms with Crippen molar-refractivity contribution >= 4 is 5.69 Å². The third-order valence-electron chi connectivity index (χ3n) is 1.94. The van der Waals surface area contributed by atoms with E-state index in [4.69, 9.17) is 10.2 Å². The van der Waals surface area contributed by atoms with Crippen molar-refractivity contribution in [1.29, 1.82) is 0 Å². The molecule has 14 heavy (non-hydrogen) atoms. The molecule has 0 aromatic carbocycles. The molecule has 0 aliphatic carbocycles. The molecule has 0 radical (unpaired) electrons. The topological polar surface area (TPSA) is 64.9 Å². The minimum absolute atomic E-state index is 0.539. The summed E-state index contributed by atoms with van der Waals surface area (Å²) in [6.45, 7) is 2.00. The molecule has 0 saturated carbocycles. The highest BCUT2D eigenvalue weighted by Crippen LogP contribution is 2.22. The van der Waals surface area contributed by atoms with E-state index in [9.17, 15) is 0 Å². The Morgan fingerprint density at radius 1 is 1.50 bits per heavy atom. The monoisotopic (exact) mass is 189 g/mol. The van der Waals surface area contributed by atoms with Crippen molar-refractivity contribution < 1.29 is 4.42 Å². The molecule has 2 rings (SSSR count). The molecule has 0 amide bonds. The number of hydrogen-bond donors (Lipinski definition) is 1. The van der Waals surface area contributed by atoms with Crippen LogP contribution in [0.4, 0.5) is 5.69 Å². The second-order valence-corrected chi connectivity index (χ2v) is 2.92. The summed E-state index contributed by atoms with van der Waals surface area (Å²) in [7, 11) is 0. The third-order valence-corrected chi connectivity index (χ3v) is 1.94. The zero-order valence-electron chi connectivity index (χ0n) is 7.90. The number of rotatable bonds is 2. The maximum atomic E-state index is 5.75. The van der Waals surface area contributed by atoms with E-state index in [1.165, 1.54) is 0 Å². The number of nitrogen functional groups attached to an aromatic ring is 1. The van der Waals surface area contributed by atoms with Crippen molar-refractivity contribution in [3.05, 3.63) is 30.4 Å². The molecule has 0 aliphatic heterocycles. The highest BCUT2D eigenvalue weighted by Gasteiger charge is 2.08. The van der Waals surface area contributed by atoms with Crippen LogP contribution in [0.15, 0.2) is 29.0 Å². The maximum absolute atomic E-state index is 5.75. The zero-order valence-corrected chi connectivity index (χ0v) is 7.90. The fraction of sp³-hybridized carbons (Fsp3) is 0.200. The summed E-state index contributed by atoms with van der Waals surface area (Å²) in [4.78, 5) is 8.39. The highest BCUT2D eigenvalue weighted by atomic mass is 16.3. The normalized spacial score (nSPS) is 10.4. The highest BCUT2D eigenvalue weighted by molar-refractivity contribution is 5.67. The Morgan fingerprint density at radius 2 is 2.36 bits per heavy atom. The predicted octanol–water partition coefficient (Wildman–Crippen LogP) is 1.88. The van der Waals surface area contributed by atoms with Gasteiger partial charge in [0.05, 0.1) is 18.1 Å². The Hall–Kier alpha value is -1.84. The van der Waals surface area contributed by atoms with E-state index in [1.54, 1.807) is 12.5 Å². The molecular weight excluding hydrogens is 178 g/mol. The fourth-order valence-corrected chi connectivity index (χ4v) is 1.21. The smallest absolute Gasteiger partial charge is 0.154 e. The molecule has 0 atom stereocenters. The van der Waals surface area contributed by atoms with Crippen LogP contribution >= 0.6 is 0 Å². The summed E-state index contributed by atoms with van der Waals surface area (Å²) in [5.41, 5.74) is 6.96. The summed E-state index contributed by atoms with van der Waals surface area (Å²) in [6.07, 6.45) is 4.00. The summed E-state index contributed by atoms with van der Waals surface area (Å²) < 4.78 is 5.23. The second-order valence-electron chi connectivity index (χ2n) is 2.92. The lowest BCUT2D eigenvalue weighted by atomic mass is 10.2. The van der Waals surface area contributed by atoms with Gasteiger partial charge in [-0.25, -0.2) is 9.97 Å². The van der Waals surface area contributed by atoms with Gasteiger partial charge < -0.3 is 10.2 Å². The van der Waals surface area contributed by atoms with E-state index in [-0.39, 0.29) is 0 Å². The number of nitrogens with two attached hydrogens (primary N) is 1. The third kappa shape index (κ3) is 1.46. The van der Waals surface area contributed by atoms with Crippen LogP contribution in [0.1, 0.15) is 12.7 Å². The Kier molecular flexibility index (Phi) is 2.18. The van der Waals surface area contributed by atoms with E-state index >= 15 is 0 Å². The van der Waals surface area contributed by atoms with Crippen molar-refractivity contribution in [2.45, 2.75) is 13.3 Å². The van der Waals surface area contributed by atoms with Gasteiger partial charge in [-0.15, -0.1) is 0 Å². The number of aryl methyl sites for hydroxylation is 1. The second kappa shape index (κ2) is 3.49. The molecule has 0 spiro atoms. The van der Waals surface area contributed by atoms with Gasteiger partial charge in [0, 0.05) is 6.42 Å². The lowest BCUT2D eigenvalue weighted by Crippen LogP contribution is -1.99. The molecular formula is C10H11N3O. The van der Waals surface area contributed by atoms with Crippen LogP contribution in [-0.2, 0) is 6.42 Å². The van der Waals surface area contributed by atoms with Gasteiger partial charge in [-0.3, -0.25) is 0 Å². The van der Waals surface area contributed by atoms with Gasteiger partial charge in [0.25, 0.3) is 0 Å². The summed E-state index contributed by atoms with van der Waals surface area (Å²) >= 11 is 0. The molecule has 0 saturated heterocycles. The molecule has 2 aromatic rings. The van der Waals surface area contributed by atoms with Gasteiger partial charge in [0.2, 0.25) is 0 Å². The van der Waals surface area contributed by atoms with Crippen molar-refractivity contribution in [2.24, 2.45) is 0 Å². The largest absolute Gasteiger partial charge is 0.463 e. The quantitative estimate of drug-likeness (QED) is 0.783. The van der Waals surface area contributed by atoms with E-state index in [2.05, 4.69) is 9.97 Å². The molecule has 0 bridgehead atoms. The van der Waals surface area contributed by atoms with Crippen LogP contribution < -0.4 is 5.73 Å². The molecule has 72 valence electrons. The average Bonchev–Trinajstić information content (AvgIpc) is 2.71. The predicted molar refractivity (Wildman–Crippen MR) is 53.5 cm³/mol. The first-order valence-corrected chi connectivity index (χ1v) is 4.46. The Balaban J connectivity index is 2.51. The van der Waals surface area contributed by atoms with E-state index in [0.29, 0.717) is 17.1 Å². The van der Waals surface area contributed by atoms with Gasteiger partial charge in [-0.05, 0) is 12.1 Å². The van der Waals surface area contributed by atoms with Gasteiger partial charge in [0.1, 0.15) is 11.5 Å². The average molecular weight is 189 g/mol. The fourth-order valence-electron chi connectivity index (χ4n) is 1.21. The van der Waals surface area contributed by atoms with Crippen LogP contribution in [0.25, 0.3) is 11.5 Å². The van der Waals surface area contributed by atoms with Crippen LogP contribution in [0, 0.1) is 0 Å². The number of hydrogen-bond acceptors (Lipinski definition) is 4. The maximum Gasteiger partial charge on any atom is 0.154 e. The molecule has 0 unspecified atom stereocenters. The van der Waals surface area contributed by atoms with Gasteiger partial charge in [-0.2, -0.15) is 0 Å². The molecule has 0 aliphatic rings. The molecule has 2 aromatic heterocycles. The Labute approximate surface area is 81.8 Å². The van der Waals surface area contributed by atoms with Crippen molar-refractivity contribution in [2.75, 3.05) is 5.73 Å². The van der Waals surface area contributed by atoms with Gasteiger partial charge in [-0.1, -0.05) is 6.92 Å². The van der Waals surface area contributed by atoms with Crippen LogP contribution in [0.3, 0.4) is 0 Å². The van der Waals surface area contributed by atoms with Crippen LogP contribution in [0.2, 0.25) is 0 Å². The first-order valence-electron chi connectivity index (χ1n) is 4.46. The lowest BCUT2D eigenvalue weighted by molar-refractivity contribution is 0.579. The van der Waals surface area contributed by atoms with Crippen molar-refractivity contribution in [1.82, 2.24) is 9.97 Å².